The van der Waals surface area contributed by atoms with E-state index in [0.717, 1.165) is 25.0 Å². The van der Waals surface area contributed by atoms with Crippen molar-refractivity contribution in [2.24, 2.45) is 5.73 Å². The van der Waals surface area contributed by atoms with Crippen LogP contribution < -0.4 is 5.73 Å². The van der Waals surface area contributed by atoms with Crippen molar-refractivity contribution < 1.29 is 13.2 Å². The van der Waals surface area contributed by atoms with Crippen LogP contribution in [0.4, 0.5) is 0 Å². The van der Waals surface area contributed by atoms with E-state index in [1.807, 2.05) is 0 Å². The Morgan fingerprint density at radius 2 is 2.17 bits per heavy atom. The second kappa shape index (κ2) is 5.02. The number of hydrogen-bond donors (Lipinski definition) is 1. The number of carbonyl (C=O) groups excluding carboxylic acids is 1. The first-order valence-electron chi connectivity index (χ1n) is 6.17. The summed E-state index contributed by atoms with van der Waals surface area (Å²) in [4.78, 5) is 13.7. The van der Waals surface area contributed by atoms with E-state index in [1.54, 1.807) is 11.8 Å². The fraction of sp³-hybridized carbons (Fsp3) is 0.909. The van der Waals surface area contributed by atoms with Crippen LogP contribution in [0.1, 0.15) is 25.7 Å². The summed E-state index contributed by atoms with van der Waals surface area (Å²) in [5, 5.41) is -0.674. The summed E-state index contributed by atoms with van der Waals surface area (Å²) in [6.07, 6.45) is 4.28. The molecule has 0 radical (unpaired) electrons. The molecule has 1 saturated heterocycles. The van der Waals surface area contributed by atoms with Gasteiger partial charge in [-0.1, -0.05) is 0 Å². The number of nitrogens with zero attached hydrogens (tertiary/aromatic N) is 1. The van der Waals surface area contributed by atoms with Gasteiger partial charge in [-0.2, -0.15) is 11.8 Å². The molecule has 2 aliphatic rings. The van der Waals surface area contributed by atoms with Crippen LogP contribution in [0.25, 0.3) is 0 Å². The third-order valence-corrected chi connectivity index (χ3v) is 6.40. The molecule has 1 aliphatic heterocycles. The average Bonchev–Trinajstić information content (AvgIpc) is 2.26. The van der Waals surface area contributed by atoms with Gasteiger partial charge in [0, 0.05) is 36.3 Å². The van der Waals surface area contributed by atoms with Gasteiger partial charge >= 0.3 is 0 Å². The predicted octanol–water partition coefficient (Wildman–Crippen LogP) is 0.204. The van der Waals surface area contributed by atoms with Crippen LogP contribution in [-0.2, 0) is 14.6 Å². The van der Waals surface area contributed by atoms with Crippen LogP contribution in [-0.4, -0.2) is 54.4 Å². The molecule has 1 amide bonds. The number of sulfone groups is 1. The maximum absolute atomic E-state index is 12.2. The van der Waals surface area contributed by atoms with Crippen LogP contribution in [0.2, 0.25) is 0 Å². The van der Waals surface area contributed by atoms with Gasteiger partial charge in [-0.3, -0.25) is 4.79 Å². The summed E-state index contributed by atoms with van der Waals surface area (Å²) in [6.45, 7) is 0.511. The van der Waals surface area contributed by atoms with E-state index in [4.69, 9.17) is 5.73 Å². The number of amides is 1. The number of carbonyl (C=O) groups is 1. The SMILES string of the molecule is CS(=O)(=O)C1CSCCN1C(=O)CC1(N)CCC1. The molecule has 0 spiro atoms. The molecule has 2 fully saturated rings. The Morgan fingerprint density at radius 3 is 2.67 bits per heavy atom. The normalized spacial score (nSPS) is 27.7. The van der Waals surface area contributed by atoms with E-state index in [-0.39, 0.29) is 17.9 Å². The Bertz CT molecular complexity index is 432. The van der Waals surface area contributed by atoms with Crippen LogP contribution in [0.3, 0.4) is 0 Å². The molecule has 2 rings (SSSR count). The van der Waals surface area contributed by atoms with Crippen molar-refractivity contribution in [3.63, 3.8) is 0 Å². The zero-order chi connectivity index (χ0) is 13.4. The number of hydrogen-bond acceptors (Lipinski definition) is 5. The van der Waals surface area contributed by atoms with Crippen LogP contribution in [0.5, 0.6) is 0 Å². The molecule has 1 atom stereocenters. The Kier molecular flexibility index (Phi) is 3.94. The van der Waals surface area contributed by atoms with E-state index in [1.165, 1.54) is 11.2 Å². The fourth-order valence-corrected chi connectivity index (χ4v) is 5.27. The van der Waals surface area contributed by atoms with Gasteiger partial charge in [0.25, 0.3) is 0 Å². The summed E-state index contributed by atoms with van der Waals surface area (Å²) in [6, 6.07) is 0. The number of rotatable bonds is 3. The summed E-state index contributed by atoms with van der Waals surface area (Å²) >= 11 is 1.58. The monoisotopic (exact) mass is 292 g/mol. The van der Waals surface area contributed by atoms with Crippen molar-refractivity contribution in [1.82, 2.24) is 4.90 Å². The first-order valence-corrected chi connectivity index (χ1v) is 9.28. The minimum Gasteiger partial charge on any atom is -0.325 e. The molecule has 1 unspecified atom stereocenters. The maximum atomic E-state index is 12.2. The highest BCUT2D eigenvalue weighted by molar-refractivity contribution is 8.00. The highest BCUT2D eigenvalue weighted by Crippen LogP contribution is 2.33. The molecule has 0 aromatic heterocycles. The molecule has 7 heteroatoms. The second-order valence-corrected chi connectivity index (χ2v) is 8.69. The summed E-state index contributed by atoms with van der Waals surface area (Å²) in [5.74, 6) is 1.17. The molecule has 104 valence electrons. The van der Waals surface area contributed by atoms with Crippen LogP contribution in [0, 0.1) is 0 Å². The Labute approximate surface area is 112 Å². The lowest BCUT2D eigenvalue weighted by Crippen LogP contribution is -2.55. The van der Waals surface area contributed by atoms with E-state index in [2.05, 4.69) is 0 Å². The van der Waals surface area contributed by atoms with Gasteiger partial charge in [0.1, 0.15) is 5.37 Å². The number of thioether (sulfide) groups is 1. The topological polar surface area (TPSA) is 80.5 Å². The molecular weight excluding hydrogens is 272 g/mol. The lowest BCUT2D eigenvalue weighted by atomic mass is 9.75. The molecule has 0 aromatic rings. The maximum Gasteiger partial charge on any atom is 0.225 e. The lowest BCUT2D eigenvalue weighted by molar-refractivity contribution is -0.133. The van der Waals surface area contributed by atoms with Crippen molar-refractivity contribution in [2.45, 2.75) is 36.6 Å². The van der Waals surface area contributed by atoms with Gasteiger partial charge < -0.3 is 10.6 Å². The van der Waals surface area contributed by atoms with Crippen LogP contribution >= 0.6 is 11.8 Å². The average molecular weight is 292 g/mol. The van der Waals surface area contributed by atoms with Gasteiger partial charge in [-0.25, -0.2) is 8.42 Å². The number of nitrogens with two attached hydrogens (primary N) is 1. The van der Waals surface area contributed by atoms with Crippen molar-refractivity contribution in [3.05, 3.63) is 0 Å². The molecule has 1 saturated carbocycles. The fourth-order valence-electron chi connectivity index (χ4n) is 2.43. The van der Waals surface area contributed by atoms with Crippen molar-refractivity contribution >= 4 is 27.5 Å². The molecule has 1 aliphatic carbocycles. The van der Waals surface area contributed by atoms with Gasteiger partial charge in [0.2, 0.25) is 5.91 Å². The highest BCUT2D eigenvalue weighted by Gasteiger charge is 2.40. The van der Waals surface area contributed by atoms with Crippen molar-refractivity contribution in [2.75, 3.05) is 24.3 Å². The molecule has 2 N–H and O–H groups in total. The minimum absolute atomic E-state index is 0.104. The van der Waals surface area contributed by atoms with Gasteiger partial charge in [-0.15, -0.1) is 0 Å². The highest BCUT2D eigenvalue weighted by atomic mass is 32.2. The van der Waals surface area contributed by atoms with Crippen molar-refractivity contribution in [1.29, 1.82) is 0 Å². The molecule has 0 bridgehead atoms. The zero-order valence-corrected chi connectivity index (χ0v) is 12.2. The summed E-state index contributed by atoms with van der Waals surface area (Å²) in [5.41, 5.74) is 5.68. The molecule has 5 nitrogen and oxygen atoms in total. The van der Waals surface area contributed by atoms with E-state index >= 15 is 0 Å². The Balaban J connectivity index is 2.06. The zero-order valence-electron chi connectivity index (χ0n) is 10.6. The quantitative estimate of drug-likeness (QED) is 0.804. The molecule has 1 heterocycles. The molecular formula is C11H20N2O3S2. The van der Waals surface area contributed by atoms with E-state index in [9.17, 15) is 13.2 Å². The van der Waals surface area contributed by atoms with Gasteiger partial charge in [0.15, 0.2) is 9.84 Å². The summed E-state index contributed by atoms with van der Waals surface area (Å²) < 4.78 is 23.4. The standard InChI is InChI=1S/C11H20N2O3S2/c1-18(15,16)10-8-17-6-5-13(10)9(14)7-11(12)3-2-4-11/h10H,2-8,12H2,1H3. The minimum atomic E-state index is -3.22. The lowest BCUT2D eigenvalue weighted by Gasteiger charge is -2.41. The largest absolute Gasteiger partial charge is 0.325 e. The van der Waals surface area contributed by atoms with Gasteiger partial charge in [0.05, 0.1) is 0 Å². The first kappa shape index (κ1) is 14.1. The first-order chi connectivity index (χ1) is 8.32. The third-order valence-electron chi connectivity index (χ3n) is 3.75. The third kappa shape index (κ3) is 3.00. The second-order valence-electron chi connectivity index (χ2n) is 5.34. The van der Waals surface area contributed by atoms with E-state index in [0.29, 0.717) is 12.3 Å². The van der Waals surface area contributed by atoms with Crippen LogP contribution in [0.15, 0.2) is 0 Å². The Morgan fingerprint density at radius 1 is 1.50 bits per heavy atom. The van der Waals surface area contributed by atoms with Gasteiger partial charge in [-0.05, 0) is 19.3 Å². The molecule has 18 heavy (non-hydrogen) atoms. The van der Waals surface area contributed by atoms with E-state index < -0.39 is 15.2 Å². The summed E-state index contributed by atoms with van der Waals surface area (Å²) in [7, 11) is -3.22. The van der Waals surface area contributed by atoms with Crippen molar-refractivity contribution in [3.8, 4) is 0 Å². The predicted molar refractivity (Wildman–Crippen MR) is 73.1 cm³/mol. The Hall–Kier alpha value is -0.270. The smallest absolute Gasteiger partial charge is 0.225 e. The molecule has 0 aromatic carbocycles.